The molecule has 5 heteroatoms. The maximum absolute atomic E-state index is 5.92. The minimum atomic E-state index is 0. The molecular weight excluding hydrogens is 247 g/mol. The second kappa shape index (κ2) is 6.09. The van der Waals surface area contributed by atoms with Gasteiger partial charge in [0.1, 0.15) is 5.02 Å². The molecule has 0 aromatic carbocycles. The Morgan fingerprint density at radius 1 is 1.44 bits per heavy atom. The Bertz CT molecular complexity index is 394. The maximum Gasteiger partial charge on any atom is 0.232 e. The van der Waals surface area contributed by atoms with Crippen LogP contribution in [0, 0.1) is 0 Å². The minimum Gasteiger partial charge on any atom is -0.480 e. The van der Waals surface area contributed by atoms with Crippen molar-refractivity contribution in [3.05, 3.63) is 28.9 Å². The van der Waals surface area contributed by atoms with Crippen LogP contribution < -0.4 is 10.1 Å². The van der Waals surface area contributed by atoms with E-state index < -0.39 is 0 Å². The fourth-order valence-electron chi connectivity index (χ4n) is 1.60. The molecule has 2 heterocycles. The molecule has 1 aromatic heterocycles. The first-order valence-corrected chi connectivity index (χ1v) is 5.29. The molecule has 88 valence electrons. The highest BCUT2D eigenvalue weighted by molar-refractivity contribution is 6.31. The lowest BCUT2D eigenvalue weighted by Gasteiger charge is -2.14. The highest BCUT2D eigenvalue weighted by atomic mass is 35.5. The van der Waals surface area contributed by atoms with Crippen molar-refractivity contribution in [2.24, 2.45) is 0 Å². The van der Waals surface area contributed by atoms with Gasteiger partial charge in [0.2, 0.25) is 5.88 Å². The lowest BCUT2D eigenvalue weighted by Crippen LogP contribution is -2.20. The summed E-state index contributed by atoms with van der Waals surface area (Å²) in [6, 6.07) is 3.76. The molecule has 0 fully saturated rings. The topological polar surface area (TPSA) is 34.1 Å². The number of ether oxygens (including phenoxy) is 1. The molecule has 0 atom stereocenters. The molecular formula is C11H14Cl2N2O. The average molecular weight is 261 g/mol. The van der Waals surface area contributed by atoms with Gasteiger partial charge in [-0.2, -0.15) is 0 Å². The van der Waals surface area contributed by atoms with Crippen LogP contribution in [-0.2, 0) is 0 Å². The number of nitrogens with zero attached hydrogens (tertiary/aromatic N) is 1. The Kier molecular flexibility index (Phi) is 5.06. The molecule has 0 aliphatic carbocycles. The first kappa shape index (κ1) is 13.3. The molecule has 3 nitrogen and oxygen atoms in total. The van der Waals surface area contributed by atoms with Gasteiger partial charge in [0, 0.05) is 6.54 Å². The molecule has 1 N–H and O–H groups in total. The van der Waals surface area contributed by atoms with E-state index in [0.29, 0.717) is 10.9 Å². The van der Waals surface area contributed by atoms with Crippen LogP contribution in [0.25, 0.3) is 5.57 Å². The lowest BCUT2D eigenvalue weighted by atomic mass is 10.1. The molecule has 1 aliphatic rings. The number of nitrogens with one attached hydrogen (secondary N) is 1. The zero-order chi connectivity index (χ0) is 10.7. The monoisotopic (exact) mass is 260 g/mol. The molecule has 0 unspecified atom stereocenters. The molecule has 1 aromatic rings. The summed E-state index contributed by atoms with van der Waals surface area (Å²) in [7, 11) is 1.58. The smallest absolute Gasteiger partial charge is 0.232 e. The summed E-state index contributed by atoms with van der Waals surface area (Å²) in [6.45, 7) is 1.90. The summed E-state index contributed by atoms with van der Waals surface area (Å²) < 4.78 is 5.09. The van der Waals surface area contributed by atoms with Crippen molar-refractivity contribution in [1.82, 2.24) is 10.3 Å². The number of pyridine rings is 1. The Hall–Kier alpha value is -0.770. The van der Waals surface area contributed by atoms with Crippen molar-refractivity contribution >= 4 is 29.6 Å². The van der Waals surface area contributed by atoms with E-state index in [9.17, 15) is 0 Å². The first-order chi connectivity index (χ1) is 7.31. The van der Waals surface area contributed by atoms with Crippen LogP contribution in [0.5, 0.6) is 5.88 Å². The van der Waals surface area contributed by atoms with Crippen molar-refractivity contribution in [1.29, 1.82) is 0 Å². The quantitative estimate of drug-likeness (QED) is 0.888. The van der Waals surface area contributed by atoms with Gasteiger partial charge in [-0.25, -0.2) is 4.98 Å². The average Bonchev–Trinajstić information content (AvgIpc) is 2.31. The van der Waals surface area contributed by atoms with Gasteiger partial charge in [-0.05, 0) is 30.7 Å². The van der Waals surface area contributed by atoms with Gasteiger partial charge >= 0.3 is 0 Å². The maximum atomic E-state index is 5.92. The second-order valence-electron chi connectivity index (χ2n) is 3.37. The zero-order valence-corrected chi connectivity index (χ0v) is 10.6. The Balaban J connectivity index is 0.00000128. The predicted octanol–water partition coefficient (Wildman–Crippen LogP) is 2.54. The van der Waals surface area contributed by atoms with Crippen molar-refractivity contribution in [3.8, 4) is 5.88 Å². The fourth-order valence-corrected chi connectivity index (χ4v) is 1.78. The molecule has 0 spiro atoms. The third kappa shape index (κ3) is 2.88. The van der Waals surface area contributed by atoms with E-state index in [2.05, 4.69) is 16.4 Å². The van der Waals surface area contributed by atoms with Crippen LogP contribution in [0.1, 0.15) is 12.1 Å². The van der Waals surface area contributed by atoms with E-state index in [1.54, 1.807) is 7.11 Å². The van der Waals surface area contributed by atoms with Crippen LogP contribution in [0.15, 0.2) is 18.2 Å². The molecule has 16 heavy (non-hydrogen) atoms. The van der Waals surface area contributed by atoms with Gasteiger partial charge in [0.15, 0.2) is 0 Å². The fraction of sp³-hybridized carbons (Fsp3) is 0.364. The number of hydrogen-bond donors (Lipinski definition) is 1. The van der Waals surface area contributed by atoms with E-state index in [1.807, 2.05) is 12.1 Å². The van der Waals surface area contributed by atoms with E-state index in [4.69, 9.17) is 16.3 Å². The van der Waals surface area contributed by atoms with Crippen LogP contribution in [0.3, 0.4) is 0 Å². The normalized spacial score (nSPS) is 15.0. The van der Waals surface area contributed by atoms with E-state index >= 15 is 0 Å². The molecule has 0 saturated heterocycles. The highest BCUT2D eigenvalue weighted by Gasteiger charge is 2.09. The van der Waals surface area contributed by atoms with Gasteiger partial charge in [-0.1, -0.05) is 17.7 Å². The summed E-state index contributed by atoms with van der Waals surface area (Å²) in [5, 5.41) is 3.81. The lowest BCUT2D eigenvalue weighted by molar-refractivity contribution is 0.397. The minimum absolute atomic E-state index is 0. The Labute approximate surface area is 106 Å². The third-order valence-corrected chi connectivity index (χ3v) is 2.69. The van der Waals surface area contributed by atoms with E-state index in [0.717, 1.165) is 25.2 Å². The molecule has 0 saturated carbocycles. The van der Waals surface area contributed by atoms with E-state index in [-0.39, 0.29) is 12.4 Å². The number of aromatic nitrogens is 1. The SMILES string of the molecule is COc1nc(C2=CCNCC2)ccc1Cl.Cl. The summed E-state index contributed by atoms with van der Waals surface area (Å²) in [6.07, 6.45) is 3.15. The molecule has 0 amide bonds. The molecule has 0 bridgehead atoms. The third-order valence-electron chi connectivity index (χ3n) is 2.40. The Morgan fingerprint density at radius 3 is 2.88 bits per heavy atom. The number of methoxy groups -OCH3 is 1. The Morgan fingerprint density at radius 2 is 2.25 bits per heavy atom. The summed E-state index contributed by atoms with van der Waals surface area (Å²) >= 11 is 5.92. The molecule has 0 radical (unpaired) electrons. The van der Waals surface area contributed by atoms with Crippen LogP contribution >= 0.6 is 24.0 Å². The summed E-state index contributed by atoms with van der Waals surface area (Å²) in [5.74, 6) is 0.494. The van der Waals surface area contributed by atoms with Gasteiger partial charge < -0.3 is 10.1 Å². The van der Waals surface area contributed by atoms with Crippen molar-refractivity contribution in [3.63, 3.8) is 0 Å². The van der Waals surface area contributed by atoms with Crippen molar-refractivity contribution in [2.45, 2.75) is 6.42 Å². The van der Waals surface area contributed by atoms with Gasteiger partial charge in [-0.15, -0.1) is 12.4 Å². The van der Waals surface area contributed by atoms with E-state index in [1.165, 1.54) is 5.57 Å². The first-order valence-electron chi connectivity index (χ1n) is 4.92. The number of halogens is 2. The van der Waals surface area contributed by atoms with Crippen LogP contribution in [0.2, 0.25) is 5.02 Å². The van der Waals surface area contributed by atoms with Crippen molar-refractivity contribution in [2.75, 3.05) is 20.2 Å². The number of hydrogen-bond acceptors (Lipinski definition) is 3. The van der Waals surface area contributed by atoms with Gasteiger partial charge in [-0.3, -0.25) is 0 Å². The van der Waals surface area contributed by atoms with Crippen molar-refractivity contribution < 1.29 is 4.74 Å². The van der Waals surface area contributed by atoms with Crippen LogP contribution in [0.4, 0.5) is 0 Å². The highest BCUT2D eigenvalue weighted by Crippen LogP contribution is 2.25. The number of rotatable bonds is 2. The molecule has 2 rings (SSSR count). The van der Waals surface area contributed by atoms with Gasteiger partial charge in [0.25, 0.3) is 0 Å². The van der Waals surface area contributed by atoms with Gasteiger partial charge in [0.05, 0.1) is 12.8 Å². The standard InChI is InChI=1S/C11H13ClN2O.ClH/c1-15-11-9(12)2-3-10(14-11)8-4-6-13-7-5-8;/h2-4,13H,5-7H2,1H3;1H. The largest absolute Gasteiger partial charge is 0.480 e. The predicted molar refractivity (Wildman–Crippen MR) is 68.5 cm³/mol. The summed E-state index contributed by atoms with van der Waals surface area (Å²) in [5.41, 5.74) is 2.21. The second-order valence-corrected chi connectivity index (χ2v) is 3.78. The van der Waals surface area contributed by atoms with Crippen LogP contribution in [-0.4, -0.2) is 25.2 Å². The zero-order valence-electron chi connectivity index (χ0n) is 9.00. The summed E-state index contributed by atoms with van der Waals surface area (Å²) in [4.78, 5) is 4.36. The molecule has 1 aliphatic heterocycles.